The molecule has 0 unspecified atom stereocenters. The van der Waals surface area contributed by atoms with Crippen LogP contribution in [0, 0.1) is 0 Å². The maximum Gasteiger partial charge on any atom is 0.167 e. The van der Waals surface area contributed by atoms with Crippen molar-refractivity contribution in [3.8, 4) is 11.5 Å². The maximum absolute atomic E-state index is 12.5. The molecule has 0 bridgehead atoms. The summed E-state index contributed by atoms with van der Waals surface area (Å²) in [4.78, 5) is 12.5. The Bertz CT molecular complexity index is 1020. The van der Waals surface area contributed by atoms with Gasteiger partial charge >= 0.3 is 0 Å². The van der Waals surface area contributed by atoms with Crippen molar-refractivity contribution >= 4 is 16.9 Å². The Kier molecular flexibility index (Phi) is 3.48. The Balaban J connectivity index is 1.89. The Morgan fingerprint density at radius 3 is 2.52 bits per heavy atom. The van der Waals surface area contributed by atoms with Crippen LogP contribution in [0.4, 0.5) is 0 Å². The van der Waals surface area contributed by atoms with Gasteiger partial charge in [-0.1, -0.05) is 18.2 Å². The highest BCUT2D eigenvalue weighted by Crippen LogP contribution is 2.60. The van der Waals surface area contributed by atoms with Crippen LogP contribution in [0.2, 0.25) is 0 Å². The van der Waals surface area contributed by atoms with Gasteiger partial charge in [-0.2, -0.15) is 0 Å². The minimum Gasteiger partial charge on any atom is -0.508 e. The number of Topliss-reactive ketones (excluding diaryl/α,β-unsaturated/α-hetero) is 1. The van der Waals surface area contributed by atoms with Gasteiger partial charge in [-0.25, -0.2) is 0 Å². The molecule has 0 fully saturated rings. The third-order valence-electron chi connectivity index (χ3n) is 6.18. The van der Waals surface area contributed by atoms with Crippen molar-refractivity contribution in [3.05, 3.63) is 58.1 Å². The van der Waals surface area contributed by atoms with Crippen molar-refractivity contribution in [2.75, 3.05) is 14.2 Å². The van der Waals surface area contributed by atoms with Crippen molar-refractivity contribution in [2.24, 2.45) is 0 Å². The highest BCUT2D eigenvalue weighted by Gasteiger charge is 2.49. The summed E-state index contributed by atoms with van der Waals surface area (Å²) in [5.74, 6) is 0.0766. The summed E-state index contributed by atoms with van der Waals surface area (Å²) in [6, 6.07) is 8.96. The van der Waals surface area contributed by atoms with Crippen molar-refractivity contribution in [2.45, 2.75) is 31.0 Å². The molecule has 0 spiro atoms. The molecule has 3 atom stereocenters. The van der Waals surface area contributed by atoms with Crippen LogP contribution in [0.25, 0.3) is 11.1 Å². The Labute approximate surface area is 156 Å². The predicted molar refractivity (Wildman–Crippen MR) is 99.9 cm³/mol. The lowest BCUT2D eigenvalue weighted by Gasteiger charge is -2.38. The number of aromatic hydroxyl groups is 2. The van der Waals surface area contributed by atoms with Crippen molar-refractivity contribution in [3.63, 3.8) is 0 Å². The highest BCUT2D eigenvalue weighted by molar-refractivity contribution is 6.14. The summed E-state index contributed by atoms with van der Waals surface area (Å²) in [5.41, 5.74) is 6.07. The molecule has 27 heavy (non-hydrogen) atoms. The van der Waals surface area contributed by atoms with E-state index in [0.29, 0.717) is 18.4 Å². The van der Waals surface area contributed by atoms with Gasteiger partial charge in [0.1, 0.15) is 17.6 Å². The van der Waals surface area contributed by atoms with Gasteiger partial charge in [0.15, 0.2) is 5.78 Å². The molecule has 0 saturated carbocycles. The van der Waals surface area contributed by atoms with Crippen LogP contribution in [-0.4, -0.2) is 36.3 Å². The van der Waals surface area contributed by atoms with E-state index < -0.39 is 6.10 Å². The first kappa shape index (κ1) is 16.5. The lowest BCUT2D eigenvalue weighted by atomic mass is 9.74. The lowest BCUT2D eigenvalue weighted by Crippen LogP contribution is -2.34. The molecule has 0 aromatic heterocycles. The van der Waals surface area contributed by atoms with E-state index in [1.807, 2.05) is 18.2 Å². The summed E-state index contributed by atoms with van der Waals surface area (Å²) < 4.78 is 11.6. The molecule has 5 heteroatoms. The number of methoxy groups -OCH3 is 2. The van der Waals surface area contributed by atoms with E-state index in [1.54, 1.807) is 26.4 Å². The Morgan fingerprint density at radius 1 is 0.963 bits per heavy atom. The average molecular weight is 364 g/mol. The first-order chi connectivity index (χ1) is 13.1. The van der Waals surface area contributed by atoms with Gasteiger partial charge in [0.2, 0.25) is 0 Å². The largest absolute Gasteiger partial charge is 0.508 e. The van der Waals surface area contributed by atoms with E-state index in [0.717, 1.165) is 33.4 Å². The molecule has 0 saturated heterocycles. The number of hydrogen-bond donors (Lipinski definition) is 2. The minimum atomic E-state index is -0.430. The molecule has 2 aromatic rings. The number of rotatable bonds is 2. The second-order valence-electron chi connectivity index (χ2n) is 7.31. The van der Waals surface area contributed by atoms with Crippen LogP contribution in [0.5, 0.6) is 11.5 Å². The monoisotopic (exact) mass is 364 g/mol. The van der Waals surface area contributed by atoms with Gasteiger partial charge in [0.25, 0.3) is 0 Å². The number of ketones is 1. The smallest absolute Gasteiger partial charge is 0.167 e. The minimum absolute atomic E-state index is 0.0271. The number of phenolic OH excluding ortho intramolecular Hbond substituents is 2. The van der Waals surface area contributed by atoms with Gasteiger partial charge in [-0.3, -0.25) is 4.79 Å². The molecule has 0 heterocycles. The second kappa shape index (κ2) is 5.68. The quantitative estimate of drug-likeness (QED) is 0.848. The second-order valence-corrected chi connectivity index (χ2v) is 7.31. The van der Waals surface area contributed by atoms with Crippen LogP contribution in [-0.2, 0) is 9.47 Å². The Morgan fingerprint density at radius 2 is 1.78 bits per heavy atom. The summed E-state index contributed by atoms with van der Waals surface area (Å²) in [6.45, 7) is 0. The topological polar surface area (TPSA) is 76.0 Å². The molecule has 3 aliphatic rings. The zero-order valence-corrected chi connectivity index (χ0v) is 15.2. The van der Waals surface area contributed by atoms with Crippen LogP contribution < -0.4 is 0 Å². The molecule has 2 aromatic carbocycles. The number of ether oxygens (including phenoxy) is 2. The molecule has 0 radical (unpaired) electrons. The first-order valence-corrected chi connectivity index (χ1v) is 9.08. The average Bonchev–Trinajstić information content (AvgIpc) is 3.00. The van der Waals surface area contributed by atoms with Gasteiger partial charge in [0.05, 0.1) is 11.7 Å². The zero-order valence-electron chi connectivity index (χ0n) is 15.2. The maximum atomic E-state index is 12.5. The van der Waals surface area contributed by atoms with Crippen LogP contribution in [0.3, 0.4) is 0 Å². The third kappa shape index (κ3) is 1.98. The first-order valence-electron chi connectivity index (χ1n) is 9.08. The number of carbonyl (C=O) groups excluding carboxylic acids is 1. The molecular weight excluding hydrogens is 344 g/mol. The van der Waals surface area contributed by atoms with Gasteiger partial charge in [-0.05, 0) is 46.4 Å². The molecule has 5 rings (SSSR count). The standard InChI is InChI=1S/C22H20O5/c1-26-21-18-10(4-3-5-13(18)23)16-11-6-8-14(24)20-15(25)9-7-12(17(11)20)19(16)22(21)27-2/h3-5,7,9,19,21-23,25H,6,8H2,1-2H3/t19-,21-,22+/m1/s1. The summed E-state index contributed by atoms with van der Waals surface area (Å²) in [5, 5.41) is 20.9. The molecule has 5 nitrogen and oxygen atoms in total. The number of phenols is 2. The molecular formula is C22H20O5. The van der Waals surface area contributed by atoms with Crippen molar-refractivity contribution in [1.29, 1.82) is 0 Å². The number of hydrogen-bond acceptors (Lipinski definition) is 5. The highest BCUT2D eigenvalue weighted by atomic mass is 16.5. The van der Waals surface area contributed by atoms with E-state index in [9.17, 15) is 15.0 Å². The van der Waals surface area contributed by atoms with Crippen molar-refractivity contribution < 1.29 is 24.5 Å². The van der Waals surface area contributed by atoms with Crippen LogP contribution in [0.15, 0.2) is 30.3 Å². The van der Waals surface area contributed by atoms with Crippen molar-refractivity contribution in [1.82, 2.24) is 0 Å². The molecule has 0 aliphatic heterocycles. The fraction of sp³-hybridized carbons (Fsp3) is 0.318. The van der Waals surface area contributed by atoms with E-state index >= 15 is 0 Å². The van der Waals surface area contributed by atoms with Gasteiger partial charge in [-0.15, -0.1) is 0 Å². The van der Waals surface area contributed by atoms with E-state index in [4.69, 9.17) is 9.47 Å². The number of carbonyl (C=O) groups is 1. The lowest BCUT2D eigenvalue weighted by molar-refractivity contribution is -0.0468. The normalized spacial score (nSPS) is 25.3. The molecule has 3 aliphatic carbocycles. The molecule has 138 valence electrons. The summed E-state index contributed by atoms with van der Waals surface area (Å²) in [7, 11) is 3.26. The number of fused-ring (bicyclic) bond motifs is 4. The number of allylic oxidation sites excluding steroid dienone is 1. The Hall–Kier alpha value is -2.63. The SMILES string of the molecule is CO[C@@H]1[C@H](OC)c2c(O)cccc2C2=C3CCC(=O)c4c(O)ccc(c43)[C@H]21. The zero-order chi connectivity index (χ0) is 18.9. The predicted octanol–water partition coefficient (Wildman–Crippen LogP) is 3.80. The summed E-state index contributed by atoms with van der Waals surface area (Å²) in [6.07, 6.45) is 0.223. The fourth-order valence-electron chi connectivity index (χ4n) is 5.18. The fourth-order valence-corrected chi connectivity index (χ4v) is 5.18. The van der Waals surface area contributed by atoms with E-state index in [1.165, 1.54) is 0 Å². The van der Waals surface area contributed by atoms with E-state index in [2.05, 4.69) is 0 Å². The molecule has 0 amide bonds. The summed E-state index contributed by atoms with van der Waals surface area (Å²) >= 11 is 0. The third-order valence-corrected chi connectivity index (χ3v) is 6.18. The number of benzene rings is 2. The van der Waals surface area contributed by atoms with Gasteiger partial charge in [0, 0.05) is 32.1 Å². The van der Waals surface area contributed by atoms with Crippen LogP contribution >= 0.6 is 0 Å². The molecule has 2 N–H and O–H groups in total. The van der Waals surface area contributed by atoms with Gasteiger partial charge < -0.3 is 19.7 Å². The van der Waals surface area contributed by atoms with E-state index in [-0.39, 0.29) is 29.3 Å². The van der Waals surface area contributed by atoms with Crippen LogP contribution in [0.1, 0.15) is 57.5 Å².